The number of rotatable bonds is 3. The van der Waals surface area contributed by atoms with Gasteiger partial charge in [-0.2, -0.15) is 0 Å². The number of urea groups is 1. The molecule has 3 rings (SSSR count). The molecule has 0 saturated heterocycles. The van der Waals surface area contributed by atoms with Crippen molar-refractivity contribution in [1.29, 1.82) is 0 Å². The maximum atomic E-state index is 12.4. The number of carbonyl (C=O) groups excluding carboxylic acids is 2. The van der Waals surface area contributed by atoms with Crippen LogP contribution in [-0.2, 0) is 12.1 Å². The molecule has 1 heterocycles. The summed E-state index contributed by atoms with van der Waals surface area (Å²) in [6.07, 6.45) is 0.136. The van der Waals surface area contributed by atoms with Gasteiger partial charge in [0.05, 0.1) is 0 Å². The predicted molar refractivity (Wildman–Crippen MR) is 79.4 cm³/mol. The number of aliphatic hydroxyl groups is 1. The SMILES string of the molecule is NC(=O)NN1C(=O)c2ccccc2[C@]1(O)Cc1ccccc1. The highest BCUT2D eigenvalue weighted by Gasteiger charge is 2.49. The lowest BCUT2D eigenvalue weighted by atomic mass is 9.95. The number of nitrogens with one attached hydrogen (secondary N) is 1. The van der Waals surface area contributed by atoms with Crippen molar-refractivity contribution in [1.82, 2.24) is 10.4 Å². The standard InChI is InChI=1S/C16H15N3O3/c17-15(21)18-19-14(20)12-8-4-5-9-13(12)16(19,22)10-11-6-2-1-3-7-11/h1-9,22H,10H2,(H3,17,18,21)/t16-/m1/s1. The van der Waals surface area contributed by atoms with E-state index >= 15 is 0 Å². The van der Waals surface area contributed by atoms with Crippen molar-refractivity contribution >= 4 is 11.9 Å². The van der Waals surface area contributed by atoms with Gasteiger partial charge in [-0.15, -0.1) is 0 Å². The summed E-state index contributed by atoms with van der Waals surface area (Å²) in [5.74, 6) is -0.493. The molecule has 0 saturated carbocycles. The van der Waals surface area contributed by atoms with Gasteiger partial charge in [-0.05, 0) is 11.6 Å². The number of hydrazine groups is 1. The number of hydrogen-bond donors (Lipinski definition) is 3. The highest BCUT2D eigenvalue weighted by atomic mass is 16.3. The Kier molecular flexibility index (Phi) is 3.30. The van der Waals surface area contributed by atoms with Gasteiger partial charge < -0.3 is 10.8 Å². The molecule has 0 aliphatic carbocycles. The number of amides is 3. The van der Waals surface area contributed by atoms with Gasteiger partial charge in [0.25, 0.3) is 5.91 Å². The molecule has 0 radical (unpaired) electrons. The van der Waals surface area contributed by atoms with Gasteiger partial charge in [0.1, 0.15) is 0 Å². The van der Waals surface area contributed by atoms with Gasteiger partial charge >= 0.3 is 6.03 Å². The van der Waals surface area contributed by atoms with E-state index in [9.17, 15) is 14.7 Å². The van der Waals surface area contributed by atoms with Crippen molar-refractivity contribution in [2.45, 2.75) is 12.1 Å². The van der Waals surface area contributed by atoms with Crippen LogP contribution in [0.2, 0.25) is 0 Å². The molecule has 2 aromatic rings. The van der Waals surface area contributed by atoms with Crippen molar-refractivity contribution in [2.24, 2.45) is 5.73 Å². The Balaban J connectivity index is 2.07. The largest absolute Gasteiger partial charge is 0.365 e. The minimum absolute atomic E-state index is 0.136. The molecule has 1 atom stereocenters. The summed E-state index contributed by atoms with van der Waals surface area (Å²) >= 11 is 0. The molecular formula is C16H15N3O3. The molecule has 22 heavy (non-hydrogen) atoms. The lowest BCUT2D eigenvalue weighted by Gasteiger charge is -2.33. The van der Waals surface area contributed by atoms with Crippen LogP contribution in [0.3, 0.4) is 0 Å². The van der Waals surface area contributed by atoms with Gasteiger partial charge in [-0.1, -0.05) is 48.5 Å². The van der Waals surface area contributed by atoms with Crippen LogP contribution in [0.15, 0.2) is 54.6 Å². The van der Waals surface area contributed by atoms with Crippen LogP contribution in [0.5, 0.6) is 0 Å². The molecule has 0 bridgehead atoms. The molecule has 6 heteroatoms. The van der Waals surface area contributed by atoms with E-state index < -0.39 is 17.7 Å². The molecule has 1 aliphatic heterocycles. The van der Waals surface area contributed by atoms with Crippen molar-refractivity contribution in [2.75, 3.05) is 0 Å². The van der Waals surface area contributed by atoms with Crippen LogP contribution in [0.25, 0.3) is 0 Å². The smallest absolute Gasteiger partial charge is 0.331 e. The predicted octanol–water partition coefficient (Wildman–Crippen LogP) is 1.11. The maximum absolute atomic E-state index is 12.4. The van der Waals surface area contributed by atoms with Crippen LogP contribution in [0.4, 0.5) is 4.79 Å². The molecular weight excluding hydrogens is 282 g/mol. The van der Waals surface area contributed by atoms with E-state index in [1.165, 1.54) is 0 Å². The summed E-state index contributed by atoms with van der Waals surface area (Å²) in [7, 11) is 0. The van der Waals surface area contributed by atoms with Gasteiger partial charge in [-0.3, -0.25) is 4.79 Å². The lowest BCUT2D eigenvalue weighted by molar-refractivity contribution is -0.0997. The Bertz CT molecular complexity index is 732. The number of hydrogen-bond acceptors (Lipinski definition) is 3. The summed E-state index contributed by atoms with van der Waals surface area (Å²) in [4.78, 5) is 23.6. The van der Waals surface area contributed by atoms with Crippen LogP contribution < -0.4 is 11.2 Å². The van der Waals surface area contributed by atoms with Crippen molar-refractivity contribution < 1.29 is 14.7 Å². The first-order chi connectivity index (χ1) is 10.5. The van der Waals surface area contributed by atoms with Gasteiger partial charge in [0.2, 0.25) is 0 Å². The third kappa shape index (κ3) is 2.19. The quantitative estimate of drug-likeness (QED) is 0.792. The van der Waals surface area contributed by atoms with Crippen molar-refractivity contribution in [3.05, 3.63) is 71.3 Å². The lowest BCUT2D eigenvalue weighted by Crippen LogP contribution is -2.56. The Hall–Kier alpha value is -2.86. The van der Waals surface area contributed by atoms with Crippen LogP contribution in [0, 0.1) is 0 Å². The molecule has 1 aliphatic rings. The highest BCUT2D eigenvalue weighted by Crippen LogP contribution is 2.38. The third-order valence-electron chi connectivity index (χ3n) is 3.68. The number of fused-ring (bicyclic) bond motifs is 1. The molecule has 0 aromatic heterocycles. The zero-order chi connectivity index (χ0) is 15.7. The number of nitrogens with two attached hydrogens (primary N) is 1. The topological polar surface area (TPSA) is 95.7 Å². The number of benzene rings is 2. The highest BCUT2D eigenvalue weighted by molar-refractivity contribution is 6.00. The van der Waals surface area contributed by atoms with Crippen molar-refractivity contribution in [3.8, 4) is 0 Å². The fourth-order valence-corrected chi connectivity index (χ4v) is 2.74. The molecule has 0 fully saturated rings. The number of nitrogens with zero attached hydrogens (tertiary/aromatic N) is 1. The first kappa shape index (κ1) is 14.1. The molecule has 112 valence electrons. The summed E-state index contributed by atoms with van der Waals surface area (Å²) < 4.78 is 0. The van der Waals surface area contributed by atoms with E-state index in [0.717, 1.165) is 10.6 Å². The van der Waals surface area contributed by atoms with Crippen LogP contribution >= 0.6 is 0 Å². The first-order valence-corrected chi connectivity index (χ1v) is 6.79. The number of carbonyl (C=O) groups is 2. The Morgan fingerprint density at radius 2 is 1.77 bits per heavy atom. The summed E-state index contributed by atoms with van der Waals surface area (Å²) in [6.45, 7) is 0. The zero-order valence-corrected chi connectivity index (χ0v) is 11.7. The Labute approximate surface area is 127 Å². The fraction of sp³-hybridized carbons (Fsp3) is 0.125. The molecule has 3 amide bonds. The average molecular weight is 297 g/mol. The van der Waals surface area contributed by atoms with E-state index in [2.05, 4.69) is 5.43 Å². The second-order valence-corrected chi connectivity index (χ2v) is 5.14. The number of primary amides is 1. The van der Waals surface area contributed by atoms with Gasteiger partial charge in [0, 0.05) is 17.5 Å². The van der Waals surface area contributed by atoms with Crippen molar-refractivity contribution in [3.63, 3.8) is 0 Å². The van der Waals surface area contributed by atoms with E-state index in [4.69, 9.17) is 5.73 Å². The Morgan fingerprint density at radius 1 is 1.14 bits per heavy atom. The van der Waals surface area contributed by atoms with E-state index in [0.29, 0.717) is 11.1 Å². The van der Waals surface area contributed by atoms with E-state index in [1.807, 2.05) is 30.3 Å². The normalized spacial score (nSPS) is 19.9. The van der Waals surface area contributed by atoms with Gasteiger partial charge in [-0.25, -0.2) is 15.2 Å². The second-order valence-electron chi connectivity index (χ2n) is 5.14. The summed E-state index contributed by atoms with van der Waals surface area (Å²) in [5, 5.41) is 12.0. The minimum Gasteiger partial charge on any atom is -0.365 e. The maximum Gasteiger partial charge on any atom is 0.331 e. The average Bonchev–Trinajstić information content (AvgIpc) is 2.71. The summed E-state index contributed by atoms with van der Waals surface area (Å²) in [6, 6.07) is 15.0. The molecule has 6 nitrogen and oxygen atoms in total. The van der Waals surface area contributed by atoms with E-state index in [-0.39, 0.29) is 6.42 Å². The third-order valence-corrected chi connectivity index (χ3v) is 3.68. The van der Waals surface area contributed by atoms with Gasteiger partial charge in [0.15, 0.2) is 5.72 Å². The monoisotopic (exact) mass is 297 g/mol. The first-order valence-electron chi connectivity index (χ1n) is 6.79. The van der Waals surface area contributed by atoms with Crippen LogP contribution in [0.1, 0.15) is 21.5 Å². The molecule has 2 aromatic carbocycles. The Morgan fingerprint density at radius 3 is 2.45 bits per heavy atom. The molecule has 0 unspecified atom stereocenters. The zero-order valence-electron chi connectivity index (χ0n) is 11.7. The second kappa shape index (κ2) is 5.16. The fourth-order valence-electron chi connectivity index (χ4n) is 2.74. The molecule has 0 spiro atoms. The van der Waals surface area contributed by atoms with Crippen LogP contribution in [-0.4, -0.2) is 22.1 Å². The molecule has 4 N–H and O–H groups in total. The van der Waals surface area contributed by atoms with E-state index in [1.54, 1.807) is 24.3 Å². The summed E-state index contributed by atoms with van der Waals surface area (Å²) in [5.41, 5.74) is 7.28. The minimum atomic E-state index is -1.68.